The summed E-state index contributed by atoms with van der Waals surface area (Å²) in [6, 6.07) is 9.54. The van der Waals surface area contributed by atoms with Gasteiger partial charge in [0.05, 0.1) is 6.61 Å². The van der Waals surface area contributed by atoms with E-state index in [0.717, 1.165) is 5.56 Å². The van der Waals surface area contributed by atoms with Crippen LogP contribution < -0.4 is 0 Å². The van der Waals surface area contributed by atoms with Crippen LogP contribution in [0.2, 0.25) is 0 Å². The van der Waals surface area contributed by atoms with Crippen LogP contribution in [0.4, 0.5) is 0 Å². The van der Waals surface area contributed by atoms with Crippen molar-refractivity contribution >= 4 is 34.3 Å². The first-order valence-corrected chi connectivity index (χ1v) is 6.94. The van der Waals surface area contributed by atoms with Gasteiger partial charge in [0.2, 0.25) is 0 Å². The Morgan fingerprint density at radius 2 is 2.00 bits per heavy atom. The molecule has 3 nitrogen and oxygen atoms in total. The Hall–Kier alpha value is -1.07. The van der Waals surface area contributed by atoms with Crippen molar-refractivity contribution in [1.29, 1.82) is 0 Å². The zero-order valence-corrected chi connectivity index (χ0v) is 12.4. The normalized spacial score (nSPS) is 11.7. The Morgan fingerprint density at radius 1 is 1.39 bits per heavy atom. The maximum absolute atomic E-state index is 12.0. The van der Waals surface area contributed by atoms with E-state index in [2.05, 4.69) is 0 Å². The summed E-state index contributed by atoms with van der Waals surface area (Å²) in [6.07, 6.45) is 0. The first-order valence-electron chi connectivity index (χ1n) is 5.65. The van der Waals surface area contributed by atoms with Gasteiger partial charge in [0.1, 0.15) is 9.57 Å². The van der Waals surface area contributed by atoms with Crippen molar-refractivity contribution in [2.75, 3.05) is 20.7 Å². The number of carbonyl (C=O) groups is 1. The quantitative estimate of drug-likeness (QED) is 0.626. The molecule has 0 amide bonds. The van der Waals surface area contributed by atoms with Crippen molar-refractivity contribution in [1.82, 2.24) is 4.90 Å². The maximum atomic E-state index is 12.0. The summed E-state index contributed by atoms with van der Waals surface area (Å²) in [5.74, 6) is -0.252. The Morgan fingerprint density at radius 3 is 2.50 bits per heavy atom. The van der Waals surface area contributed by atoms with Crippen LogP contribution in [0.5, 0.6) is 0 Å². The molecular weight excluding hydrogens is 266 g/mol. The molecule has 1 aromatic carbocycles. The smallest absolute Gasteiger partial charge is 0.324 e. The van der Waals surface area contributed by atoms with Crippen LogP contribution in [-0.2, 0) is 9.53 Å². The highest BCUT2D eigenvalue weighted by atomic mass is 32.2. The van der Waals surface area contributed by atoms with Gasteiger partial charge in [-0.1, -0.05) is 54.3 Å². The van der Waals surface area contributed by atoms with Crippen LogP contribution in [0.15, 0.2) is 30.3 Å². The minimum Gasteiger partial charge on any atom is -0.465 e. The zero-order chi connectivity index (χ0) is 13.5. The molecule has 0 bridgehead atoms. The van der Waals surface area contributed by atoms with E-state index >= 15 is 0 Å². The molecule has 1 aromatic rings. The minimum absolute atomic E-state index is 0.252. The van der Waals surface area contributed by atoms with Crippen LogP contribution in [0.1, 0.15) is 17.7 Å². The number of hydrogen-bond acceptors (Lipinski definition) is 4. The number of ether oxygens (including phenoxy) is 1. The van der Waals surface area contributed by atoms with E-state index in [1.165, 1.54) is 11.8 Å². The molecule has 0 aromatic heterocycles. The zero-order valence-electron chi connectivity index (χ0n) is 10.8. The number of nitrogens with zero attached hydrogens (tertiary/aromatic N) is 1. The van der Waals surface area contributed by atoms with Gasteiger partial charge < -0.3 is 9.64 Å². The molecule has 0 aliphatic rings. The van der Waals surface area contributed by atoms with Crippen molar-refractivity contribution < 1.29 is 9.53 Å². The third kappa shape index (κ3) is 4.31. The molecular formula is C13H17NO2S2. The van der Waals surface area contributed by atoms with Crippen molar-refractivity contribution in [3.05, 3.63) is 35.9 Å². The largest absolute Gasteiger partial charge is 0.465 e. The van der Waals surface area contributed by atoms with Crippen molar-refractivity contribution in [2.24, 2.45) is 0 Å². The van der Waals surface area contributed by atoms with Gasteiger partial charge in [0.15, 0.2) is 0 Å². The van der Waals surface area contributed by atoms with Crippen molar-refractivity contribution in [3.8, 4) is 0 Å². The first kappa shape index (κ1) is 15.0. The number of benzene rings is 1. The highest BCUT2D eigenvalue weighted by Crippen LogP contribution is 2.31. The molecule has 98 valence electrons. The van der Waals surface area contributed by atoms with Gasteiger partial charge in [-0.3, -0.25) is 4.79 Å². The van der Waals surface area contributed by atoms with Gasteiger partial charge >= 0.3 is 5.97 Å². The summed E-state index contributed by atoms with van der Waals surface area (Å²) in [5, 5.41) is -0.402. The van der Waals surface area contributed by atoms with Gasteiger partial charge in [-0.05, 0) is 12.5 Å². The lowest BCUT2D eigenvalue weighted by molar-refractivity contribution is -0.142. The highest BCUT2D eigenvalue weighted by molar-refractivity contribution is 8.23. The second-order valence-corrected chi connectivity index (χ2v) is 5.56. The third-order valence-electron chi connectivity index (χ3n) is 2.19. The molecule has 0 saturated carbocycles. The number of thioether (sulfide) groups is 1. The summed E-state index contributed by atoms with van der Waals surface area (Å²) in [6.45, 7) is 2.17. The predicted molar refractivity (Wildman–Crippen MR) is 79.7 cm³/mol. The number of carbonyl (C=O) groups excluding carboxylic acids is 1. The molecule has 0 N–H and O–H groups in total. The van der Waals surface area contributed by atoms with Crippen LogP contribution in [0.3, 0.4) is 0 Å². The summed E-state index contributed by atoms with van der Waals surface area (Å²) in [5.41, 5.74) is 0.908. The van der Waals surface area contributed by atoms with E-state index in [4.69, 9.17) is 17.0 Å². The Bertz CT molecular complexity index is 407. The van der Waals surface area contributed by atoms with E-state index in [-0.39, 0.29) is 5.97 Å². The molecule has 5 heteroatoms. The van der Waals surface area contributed by atoms with E-state index in [9.17, 15) is 4.79 Å². The fourth-order valence-electron chi connectivity index (χ4n) is 1.30. The molecule has 1 atom stereocenters. The number of thiocarbonyl (C=S) groups is 1. The van der Waals surface area contributed by atoms with Gasteiger partial charge in [-0.15, -0.1) is 0 Å². The van der Waals surface area contributed by atoms with E-state index < -0.39 is 5.25 Å². The highest BCUT2D eigenvalue weighted by Gasteiger charge is 2.24. The number of hydrogen-bond donors (Lipinski definition) is 0. The van der Waals surface area contributed by atoms with Crippen molar-refractivity contribution in [2.45, 2.75) is 12.2 Å². The van der Waals surface area contributed by atoms with Gasteiger partial charge in [-0.25, -0.2) is 0 Å². The molecule has 0 aliphatic heterocycles. The average Bonchev–Trinajstić information content (AvgIpc) is 2.36. The summed E-state index contributed by atoms with van der Waals surface area (Å²) >= 11 is 6.58. The van der Waals surface area contributed by atoms with Gasteiger partial charge in [-0.2, -0.15) is 0 Å². The lowest BCUT2D eigenvalue weighted by Crippen LogP contribution is -2.21. The summed E-state index contributed by atoms with van der Waals surface area (Å²) in [7, 11) is 3.73. The Kier molecular flexibility index (Phi) is 6.15. The molecule has 0 unspecified atom stereocenters. The fourth-order valence-corrected chi connectivity index (χ4v) is 2.46. The van der Waals surface area contributed by atoms with Crippen LogP contribution in [0, 0.1) is 0 Å². The SMILES string of the molecule is CCOC(=O)[C@H](SC(=S)N(C)C)c1ccccc1. The molecule has 18 heavy (non-hydrogen) atoms. The molecule has 0 spiro atoms. The monoisotopic (exact) mass is 283 g/mol. The maximum Gasteiger partial charge on any atom is 0.324 e. The van der Waals surface area contributed by atoms with Crippen LogP contribution in [0.25, 0.3) is 0 Å². The lowest BCUT2D eigenvalue weighted by Gasteiger charge is -2.19. The Balaban J connectivity index is 2.89. The average molecular weight is 283 g/mol. The first-order chi connectivity index (χ1) is 8.56. The topological polar surface area (TPSA) is 29.5 Å². The number of rotatable bonds is 4. The van der Waals surface area contributed by atoms with E-state index in [1.54, 1.807) is 6.92 Å². The minimum atomic E-state index is -0.402. The second-order valence-electron chi connectivity index (χ2n) is 3.82. The second kappa shape index (κ2) is 7.38. The van der Waals surface area contributed by atoms with Crippen molar-refractivity contribution in [3.63, 3.8) is 0 Å². The van der Waals surface area contributed by atoms with E-state index in [0.29, 0.717) is 10.9 Å². The predicted octanol–water partition coefficient (Wildman–Crippen LogP) is 2.87. The lowest BCUT2D eigenvalue weighted by atomic mass is 10.1. The number of esters is 1. The molecule has 1 rings (SSSR count). The van der Waals surface area contributed by atoms with Crippen LogP contribution >= 0.6 is 24.0 Å². The molecule has 0 fully saturated rings. The molecule has 0 aliphatic carbocycles. The molecule has 0 radical (unpaired) electrons. The van der Waals surface area contributed by atoms with Gasteiger partial charge in [0, 0.05) is 14.1 Å². The Labute approximate surface area is 118 Å². The summed E-state index contributed by atoms with van der Waals surface area (Å²) in [4.78, 5) is 13.8. The molecule has 0 saturated heterocycles. The van der Waals surface area contributed by atoms with Gasteiger partial charge in [0.25, 0.3) is 0 Å². The van der Waals surface area contributed by atoms with Crippen LogP contribution in [-0.4, -0.2) is 35.9 Å². The standard InChI is InChI=1S/C13H17NO2S2/c1-4-16-12(15)11(18-13(17)14(2)3)10-8-6-5-7-9-10/h5-9,11H,4H2,1-3H3/t11-/m1/s1. The summed E-state index contributed by atoms with van der Waals surface area (Å²) < 4.78 is 5.76. The molecule has 0 heterocycles. The fraction of sp³-hybridized carbons (Fsp3) is 0.385. The van der Waals surface area contributed by atoms with E-state index in [1.807, 2.05) is 49.3 Å². The third-order valence-corrected chi connectivity index (χ3v) is 4.11.